The zero-order valence-corrected chi connectivity index (χ0v) is 14.0. The van der Waals surface area contributed by atoms with E-state index >= 15 is 0 Å². The minimum Gasteiger partial charge on any atom is -0.386 e. The number of carbonyl (C=O) groups is 1. The van der Waals surface area contributed by atoms with E-state index in [1.807, 2.05) is 26.0 Å². The van der Waals surface area contributed by atoms with Gasteiger partial charge in [0.25, 0.3) is 5.91 Å². The number of oxime groups is 1. The third kappa shape index (κ3) is 6.12. The van der Waals surface area contributed by atoms with Gasteiger partial charge >= 0.3 is 0 Å². The highest BCUT2D eigenvalue weighted by Crippen LogP contribution is 2.13. The number of nitrogens with zero attached hydrogens (tertiary/aromatic N) is 2. The smallest absolute Gasteiger partial charge is 0.263 e. The molecule has 0 heterocycles. The Kier molecular flexibility index (Phi) is 7.37. The van der Waals surface area contributed by atoms with Crippen molar-refractivity contribution < 1.29 is 9.63 Å². The molecule has 0 aromatic heterocycles. The van der Waals surface area contributed by atoms with Crippen molar-refractivity contribution in [3.8, 4) is 0 Å². The monoisotopic (exact) mass is 302 g/mol. The second-order valence-corrected chi connectivity index (χ2v) is 5.69. The van der Waals surface area contributed by atoms with Crippen LogP contribution in [0, 0.1) is 0 Å². The number of likely N-dealkylation sites (N-methyl/N-ethyl adjacent to an activating group) is 1. The summed E-state index contributed by atoms with van der Waals surface area (Å²) >= 11 is 0. The molecule has 0 aliphatic rings. The van der Waals surface area contributed by atoms with Crippen LogP contribution in [0.3, 0.4) is 0 Å². The minimum atomic E-state index is -0.0854. The van der Waals surface area contributed by atoms with Gasteiger partial charge in [0.15, 0.2) is 6.61 Å². The molecule has 0 fully saturated rings. The Morgan fingerprint density at radius 2 is 2.00 bits per heavy atom. The summed E-state index contributed by atoms with van der Waals surface area (Å²) in [4.78, 5) is 18.7. The van der Waals surface area contributed by atoms with Gasteiger partial charge in [0, 0.05) is 13.1 Å². The van der Waals surface area contributed by atoms with Crippen LogP contribution >= 0.6 is 0 Å². The molecule has 0 unspecified atom stereocenters. The molecule has 0 bridgehead atoms. The topological polar surface area (TPSA) is 41.9 Å². The van der Waals surface area contributed by atoms with Crippen LogP contribution in [-0.4, -0.2) is 36.7 Å². The molecule has 0 radical (unpaired) electrons. The number of rotatable bonds is 8. The maximum atomic E-state index is 11.9. The van der Waals surface area contributed by atoms with Crippen LogP contribution in [0.2, 0.25) is 0 Å². The minimum absolute atomic E-state index is 0.0539. The molecule has 120 valence electrons. The molecular formula is C18H26N2O2. The van der Waals surface area contributed by atoms with Crippen molar-refractivity contribution in [2.24, 2.45) is 5.16 Å². The molecule has 4 nitrogen and oxygen atoms in total. The molecule has 0 saturated carbocycles. The summed E-state index contributed by atoms with van der Waals surface area (Å²) in [6.07, 6.45) is 1.62. The van der Waals surface area contributed by atoms with E-state index < -0.39 is 0 Å². The quantitative estimate of drug-likeness (QED) is 0.418. The fraction of sp³-hybridized carbons (Fsp3) is 0.444. The Balaban J connectivity index is 2.45. The lowest BCUT2D eigenvalue weighted by molar-refractivity contribution is -0.135. The summed E-state index contributed by atoms with van der Waals surface area (Å²) in [6, 6.07) is 8.12. The zero-order chi connectivity index (χ0) is 16.5. The maximum absolute atomic E-state index is 11.9. The van der Waals surface area contributed by atoms with Gasteiger partial charge in [-0.25, -0.2) is 0 Å². The van der Waals surface area contributed by atoms with E-state index in [9.17, 15) is 4.79 Å². The Morgan fingerprint density at radius 3 is 2.50 bits per heavy atom. The standard InChI is InChI=1S/C18H26N2O2/c1-6-20(12-14(2)3)18(21)13-22-19-11-16-7-9-17(10-8-16)15(4)5/h7-11,15H,2,6,12-13H2,1,3-5H3/b19-11+. The van der Waals surface area contributed by atoms with Gasteiger partial charge in [-0.15, -0.1) is 0 Å². The lowest BCUT2D eigenvalue weighted by Crippen LogP contribution is -2.34. The maximum Gasteiger partial charge on any atom is 0.263 e. The van der Waals surface area contributed by atoms with Crippen molar-refractivity contribution >= 4 is 12.1 Å². The second kappa shape index (κ2) is 9.03. The van der Waals surface area contributed by atoms with E-state index in [1.165, 1.54) is 5.56 Å². The highest BCUT2D eigenvalue weighted by molar-refractivity contribution is 5.80. The Hall–Kier alpha value is -2.10. The molecule has 0 saturated heterocycles. The molecule has 0 spiro atoms. The summed E-state index contributed by atoms with van der Waals surface area (Å²) in [5, 5.41) is 3.86. The van der Waals surface area contributed by atoms with Gasteiger partial charge in [0.05, 0.1) is 6.21 Å². The second-order valence-electron chi connectivity index (χ2n) is 5.69. The normalized spacial score (nSPS) is 11.0. The third-order valence-corrected chi connectivity index (χ3v) is 3.26. The molecule has 0 atom stereocenters. The number of hydrogen-bond acceptors (Lipinski definition) is 3. The Bertz CT molecular complexity index is 518. The van der Waals surface area contributed by atoms with E-state index in [0.29, 0.717) is 19.0 Å². The van der Waals surface area contributed by atoms with Gasteiger partial charge in [-0.05, 0) is 30.9 Å². The summed E-state index contributed by atoms with van der Waals surface area (Å²) in [6.45, 7) is 13.1. The van der Waals surface area contributed by atoms with Gasteiger partial charge in [-0.1, -0.05) is 55.4 Å². The lowest BCUT2D eigenvalue weighted by Gasteiger charge is -2.19. The Morgan fingerprint density at radius 1 is 1.36 bits per heavy atom. The number of hydrogen-bond donors (Lipinski definition) is 0. The average Bonchev–Trinajstić information content (AvgIpc) is 2.49. The number of carbonyl (C=O) groups excluding carboxylic acids is 1. The fourth-order valence-corrected chi connectivity index (χ4v) is 1.95. The van der Waals surface area contributed by atoms with Gasteiger partial charge in [-0.2, -0.15) is 0 Å². The zero-order valence-electron chi connectivity index (χ0n) is 14.0. The van der Waals surface area contributed by atoms with Crippen LogP contribution in [0.5, 0.6) is 0 Å². The van der Waals surface area contributed by atoms with Gasteiger partial charge in [0.2, 0.25) is 0 Å². The predicted octanol–water partition coefficient (Wildman–Crippen LogP) is 3.59. The van der Waals surface area contributed by atoms with Gasteiger partial charge in [0.1, 0.15) is 0 Å². The number of amides is 1. The van der Waals surface area contributed by atoms with Crippen molar-refractivity contribution in [1.29, 1.82) is 0 Å². The highest BCUT2D eigenvalue weighted by atomic mass is 16.6. The molecule has 0 aliphatic heterocycles. The van der Waals surface area contributed by atoms with Crippen molar-refractivity contribution in [2.45, 2.75) is 33.6 Å². The van der Waals surface area contributed by atoms with Gasteiger partial charge in [-0.3, -0.25) is 4.79 Å². The van der Waals surface area contributed by atoms with Crippen LogP contribution < -0.4 is 0 Å². The van der Waals surface area contributed by atoms with Crippen LogP contribution in [0.4, 0.5) is 0 Å². The first-order valence-corrected chi connectivity index (χ1v) is 7.61. The third-order valence-electron chi connectivity index (χ3n) is 3.26. The molecule has 0 N–H and O–H groups in total. The van der Waals surface area contributed by atoms with E-state index in [1.54, 1.807) is 11.1 Å². The summed E-state index contributed by atoms with van der Waals surface area (Å²) in [7, 11) is 0. The van der Waals surface area contributed by atoms with E-state index in [0.717, 1.165) is 11.1 Å². The first-order valence-electron chi connectivity index (χ1n) is 7.61. The molecule has 4 heteroatoms. The first-order chi connectivity index (χ1) is 10.4. The van der Waals surface area contributed by atoms with Crippen LogP contribution in [0.25, 0.3) is 0 Å². The van der Waals surface area contributed by atoms with Crippen LogP contribution in [-0.2, 0) is 9.63 Å². The van der Waals surface area contributed by atoms with Crippen molar-refractivity contribution in [3.63, 3.8) is 0 Å². The largest absolute Gasteiger partial charge is 0.386 e. The summed E-state index contributed by atoms with van der Waals surface area (Å²) in [5.41, 5.74) is 3.18. The first kappa shape index (κ1) is 18.0. The lowest BCUT2D eigenvalue weighted by atomic mass is 10.0. The number of benzene rings is 1. The fourth-order valence-electron chi connectivity index (χ4n) is 1.95. The molecule has 22 heavy (non-hydrogen) atoms. The van der Waals surface area contributed by atoms with E-state index in [-0.39, 0.29) is 12.5 Å². The predicted molar refractivity (Wildman–Crippen MR) is 91.1 cm³/mol. The van der Waals surface area contributed by atoms with Crippen molar-refractivity contribution in [3.05, 3.63) is 47.5 Å². The summed E-state index contributed by atoms with van der Waals surface area (Å²) in [5.74, 6) is 0.422. The average molecular weight is 302 g/mol. The van der Waals surface area contributed by atoms with E-state index in [2.05, 4.69) is 37.7 Å². The molecular weight excluding hydrogens is 276 g/mol. The van der Waals surface area contributed by atoms with Gasteiger partial charge < -0.3 is 9.74 Å². The molecule has 0 aliphatic carbocycles. The Labute approximate surface area is 133 Å². The van der Waals surface area contributed by atoms with Crippen molar-refractivity contribution in [1.82, 2.24) is 4.90 Å². The molecule has 1 rings (SSSR count). The molecule has 1 aromatic rings. The van der Waals surface area contributed by atoms with Crippen LogP contribution in [0.1, 0.15) is 44.7 Å². The van der Waals surface area contributed by atoms with Crippen LogP contribution in [0.15, 0.2) is 41.6 Å². The molecule has 1 aromatic carbocycles. The van der Waals surface area contributed by atoms with Crippen molar-refractivity contribution in [2.75, 3.05) is 19.7 Å². The summed E-state index contributed by atoms with van der Waals surface area (Å²) < 4.78 is 0. The van der Waals surface area contributed by atoms with E-state index in [4.69, 9.17) is 4.84 Å². The highest BCUT2D eigenvalue weighted by Gasteiger charge is 2.11. The molecule has 1 amide bonds. The SMILES string of the molecule is C=C(C)CN(CC)C(=O)CO/N=C/c1ccc(C(C)C)cc1.